The van der Waals surface area contributed by atoms with Crippen LogP contribution in [0.2, 0.25) is 0 Å². The first-order valence-corrected chi connectivity index (χ1v) is 6.82. The third-order valence-corrected chi connectivity index (χ3v) is 3.27. The molecule has 0 spiro atoms. The van der Waals surface area contributed by atoms with Crippen LogP contribution in [-0.2, 0) is 4.79 Å². The summed E-state index contributed by atoms with van der Waals surface area (Å²) in [5.74, 6) is 0.0522. The lowest BCUT2D eigenvalue weighted by Gasteiger charge is -2.28. The van der Waals surface area contributed by atoms with Crippen LogP contribution in [0.15, 0.2) is 24.3 Å². The Morgan fingerprint density at radius 3 is 2.68 bits per heavy atom. The fourth-order valence-electron chi connectivity index (χ4n) is 2.16. The zero-order chi connectivity index (χ0) is 14.3. The number of hydrogen-bond donors (Lipinski definition) is 2. The van der Waals surface area contributed by atoms with E-state index in [0.717, 1.165) is 13.0 Å². The molecule has 0 saturated carbocycles. The van der Waals surface area contributed by atoms with Crippen molar-refractivity contribution >= 4 is 5.91 Å². The van der Waals surface area contributed by atoms with Crippen molar-refractivity contribution in [3.05, 3.63) is 35.4 Å². The van der Waals surface area contributed by atoms with Crippen molar-refractivity contribution in [3.63, 3.8) is 0 Å². The molecule has 0 radical (unpaired) electrons. The summed E-state index contributed by atoms with van der Waals surface area (Å²) >= 11 is 0. The Morgan fingerprint density at radius 2 is 2.11 bits per heavy atom. The summed E-state index contributed by atoms with van der Waals surface area (Å²) < 4.78 is 0. The van der Waals surface area contributed by atoms with Gasteiger partial charge in [0.2, 0.25) is 5.91 Å². The Hall–Kier alpha value is -1.39. The molecule has 0 aromatic heterocycles. The molecule has 1 atom stereocenters. The van der Waals surface area contributed by atoms with E-state index < -0.39 is 0 Å². The van der Waals surface area contributed by atoms with E-state index in [1.165, 1.54) is 11.1 Å². The Morgan fingerprint density at radius 1 is 1.42 bits per heavy atom. The summed E-state index contributed by atoms with van der Waals surface area (Å²) in [6.45, 7) is 5.71. The predicted octanol–water partition coefficient (Wildman–Crippen LogP) is 1.45. The standard InChI is InChI=1S/C15H25N3O/c1-4-9-17-15(19)11-18(3)14(10-16)13-8-6-5-7-12(13)2/h5-8,14H,4,9-11,16H2,1-3H3,(H,17,19). The number of nitrogens with two attached hydrogens (primary N) is 1. The maximum atomic E-state index is 11.8. The molecule has 106 valence electrons. The maximum Gasteiger partial charge on any atom is 0.234 e. The van der Waals surface area contributed by atoms with E-state index in [1.807, 2.05) is 31.0 Å². The highest BCUT2D eigenvalue weighted by atomic mass is 16.2. The molecule has 1 rings (SSSR count). The molecule has 0 aliphatic rings. The molecule has 0 saturated heterocycles. The van der Waals surface area contributed by atoms with E-state index in [2.05, 4.69) is 24.4 Å². The van der Waals surface area contributed by atoms with Crippen molar-refractivity contribution in [2.24, 2.45) is 5.73 Å². The lowest BCUT2D eigenvalue weighted by atomic mass is 10.0. The van der Waals surface area contributed by atoms with Gasteiger partial charge in [-0.05, 0) is 31.5 Å². The van der Waals surface area contributed by atoms with Gasteiger partial charge in [-0.25, -0.2) is 0 Å². The number of carbonyl (C=O) groups excluding carboxylic acids is 1. The molecule has 0 bridgehead atoms. The van der Waals surface area contributed by atoms with E-state index in [9.17, 15) is 4.79 Å². The second-order valence-electron chi connectivity index (χ2n) is 4.87. The van der Waals surface area contributed by atoms with E-state index in [1.54, 1.807) is 0 Å². The summed E-state index contributed by atoms with van der Waals surface area (Å²) in [6, 6.07) is 8.25. The molecule has 0 aliphatic heterocycles. The fraction of sp³-hybridized carbons (Fsp3) is 0.533. The van der Waals surface area contributed by atoms with Gasteiger partial charge in [-0.2, -0.15) is 0 Å². The highest BCUT2D eigenvalue weighted by molar-refractivity contribution is 5.78. The Bertz CT molecular complexity index is 406. The molecule has 1 aromatic rings. The first-order chi connectivity index (χ1) is 9.10. The normalized spacial score (nSPS) is 12.5. The Labute approximate surface area is 116 Å². The Balaban J connectivity index is 2.69. The van der Waals surface area contributed by atoms with E-state index in [0.29, 0.717) is 13.1 Å². The fourth-order valence-corrected chi connectivity index (χ4v) is 2.16. The van der Waals surface area contributed by atoms with Crippen LogP contribution in [0.4, 0.5) is 0 Å². The number of carbonyl (C=O) groups is 1. The lowest BCUT2D eigenvalue weighted by Crippen LogP contribution is -2.39. The number of hydrogen-bond acceptors (Lipinski definition) is 3. The average Bonchev–Trinajstić information content (AvgIpc) is 2.39. The number of likely N-dealkylation sites (N-methyl/N-ethyl adjacent to an activating group) is 1. The van der Waals surface area contributed by atoms with Crippen molar-refractivity contribution in [1.29, 1.82) is 0 Å². The zero-order valence-corrected chi connectivity index (χ0v) is 12.1. The monoisotopic (exact) mass is 263 g/mol. The smallest absolute Gasteiger partial charge is 0.234 e. The van der Waals surface area contributed by atoms with Gasteiger partial charge in [0, 0.05) is 19.1 Å². The minimum Gasteiger partial charge on any atom is -0.355 e. The summed E-state index contributed by atoms with van der Waals surface area (Å²) in [7, 11) is 1.94. The van der Waals surface area contributed by atoms with Gasteiger partial charge >= 0.3 is 0 Å². The Kier molecular flexibility index (Phi) is 6.53. The van der Waals surface area contributed by atoms with Gasteiger partial charge < -0.3 is 11.1 Å². The van der Waals surface area contributed by atoms with Crippen LogP contribution in [0.25, 0.3) is 0 Å². The third kappa shape index (κ3) is 4.65. The first kappa shape index (κ1) is 15.7. The van der Waals surface area contributed by atoms with Crippen LogP contribution >= 0.6 is 0 Å². The number of aryl methyl sites for hydroxylation is 1. The highest BCUT2D eigenvalue weighted by Crippen LogP contribution is 2.21. The van der Waals surface area contributed by atoms with Gasteiger partial charge in [0.05, 0.1) is 6.54 Å². The maximum absolute atomic E-state index is 11.8. The lowest BCUT2D eigenvalue weighted by molar-refractivity contribution is -0.122. The van der Waals surface area contributed by atoms with Crippen molar-refractivity contribution in [1.82, 2.24) is 10.2 Å². The third-order valence-electron chi connectivity index (χ3n) is 3.27. The molecular formula is C15H25N3O. The van der Waals surface area contributed by atoms with Crippen LogP contribution in [-0.4, -0.2) is 37.5 Å². The average molecular weight is 263 g/mol. The number of rotatable bonds is 7. The van der Waals surface area contributed by atoms with Crippen LogP contribution in [0.3, 0.4) is 0 Å². The summed E-state index contributed by atoms with van der Waals surface area (Å²) in [4.78, 5) is 13.8. The van der Waals surface area contributed by atoms with E-state index >= 15 is 0 Å². The second-order valence-corrected chi connectivity index (χ2v) is 4.87. The highest BCUT2D eigenvalue weighted by Gasteiger charge is 2.18. The molecule has 1 unspecified atom stereocenters. The molecule has 0 fully saturated rings. The van der Waals surface area contributed by atoms with Gasteiger partial charge in [0.1, 0.15) is 0 Å². The van der Waals surface area contributed by atoms with Crippen molar-refractivity contribution in [2.75, 3.05) is 26.7 Å². The molecule has 1 aromatic carbocycles. The van der Waals surface area contributed by atoms with Crippen molar-refractivity contribution in [2.45, 2.75) is 26.3 Å². The number of nitrogens with one attached hydrogen (secondary N) is 1. The summed E-state index contributed by atoms with van der Waals surface area (Å²) in [5.41, 5.74) is 8.27. The van der Waals surface area contributed by atoms with Crippen LogP contribution in [0, 0.1) is 6.92 Å². The minimum atomic E-state index is 0.0522. The molecule has 0 aliphatic carbocycles. The van der Waals surface area contributed by atoms with Gasteiger partial charge in [-0.1, -0.05) is 31.2 Å². The number of nitrogens with zero attached hydrogens (tertiary/aromatic N) is 1. The molecule has 1 amide bonds. The molecule has 3 N–H and O–H groups in total. The second kappa shape index (κ2) is 7.92. The van der Waals surface area contributed by atoms with Gasteiger partial charge in [0.15, 0.2) is 0 Å². The number of benzene rings is 1. The largest absolute Gasteiger partial charge is 0.355 e. The predicted molar refractivity (Wildman–Crippen MR) is 78.9 cm³/mol. The van der Waals surface area contributed by atoms with Gasteiger partial charge in [-0.15, -0.1) is 0 Å². The summed E-state index contributed by atoms with van der Waals surface area (Å²) in [5, 5.41) is 2.89. The molecule has 19 heavy (non-hydrogen) atoms. The van der Waals surface area contributed by atoms with Crippen molar-refractivity contribution < 1.29 is 4.79 Å². The minimum absolute atomic E-state index is 0.0522. The topological polar surface area (TPSA) is 58.4 Å². The van der Waals surface area contributed by atoms with Crippen LogP contribution in [0.1, 0.15) is 30.5 Å². The number of amides is 1. The molecular weight excluding hydrogens is 238 g/mol. The molecule has 4 nitrogen and oxygen atoms in total. The molecule has 4 heteroatoms. The van der Waals surface area contributed by atoms with Crippen molar-refractivity contribution in [3.8, 4) is 0 Å². The van der Waals surface area contributed by atoms with Crippen LogP contribution < -0.4 is 11.1 Å². The van der Waals surface area contributed by atoms with Gasteiger partial charge in [0.25, 0.3) is 0 Å². The zero-order valence-electron chi connectivity index (χ0n) is 12.1. The first-order valence-electron chi connectivity index (χ1n) is 6.82. The SMILES string of the molecule is CCCNC(=O)CN(C)C(CN)c1ccccc1C. The van der Waals surface area contributed by atoms with E-state index in [4.69, 9.17) is 5.73 Å². The summed E-state index contributed by atoms with van der Waals surface area (Å²) in [6.07, 6.45) is 0.952. The quantitative estimate of drug-likeness (QED) is 0.783. The molecule has 0 heterocycles. The van der Waals surface area contributed by atoms with Crippen LogP contribution in [0.5, 0.6) is 0 Å². The van der Waals surface area contributed by atoms with E-state index in [-0.39, 0.29) is 11.9 Å². The van der Waals surface area contributed by atoms with Gasteiger partial charge in [-0.3, -0.25) is 9.69 Å².